The average Bonchev–Trinajstić information content (AvgIpc) is 3.89. The molecule has 0 spiro atoms. The predicted molar refractivity (Wildman–Crippen MR) is 266 cm³/mol. The van der Waals surface area contributed by atoms with Gasteiger partial charge in [0.15, 0.2) is 0 Å². The van der Waals surface area contributed by atoms with Gasteiger partial charge in [0.05, 0.1) is 11.0 Å². The molecular weight excluding hydrogens is 761 g/mol. The van der Waals surface area contributed by atoms with E-state index in [1.165, 1.54) is 109 Å². The molecule has 0 N–H and O–H groups in total. The van der Waals surface area contributed by atoms with E-state index in [1.54, 1.807) is 0 Å². The number of benzene rings is 11. The van der Waals surface area contributed by atoms with Crippen molar-refractivity contribution in [3.8, 4) is 50.5 Å². The van der Waals surface area contributed by atoms with E-state index in [-0.39, 0.29) is 10.8 Å². The molecule has 2 heteroatoms. The van der Waals surface area contributed by atoms with Crippen molar-refractivity contribution in [3.63, 3.8) is 0 Å². The molecule has 2 aliphatic carbocycles. The molecule has 0 saturated heterocycles. The van der Waals surface area contributed by atoms with E-state index in [2.05, 4.69) is 214 Å². The Morgan fingerprint density at radius 3 is 1.73 bits per heavy atom. The minimum absolute atomic E-state index is 0.109. The number of para-hydroxylation sites is 3. The smallest absolute Gasteiger partial charge is 0.146 e. The van der Waals surface area contributed by atoms with E-state index >= 15 is 0 Å². The highest BCUT2D eigenvalue weighted by Gasteiger charge is 2.43. The van der Waals surface area contributed by atoms with Crippen LogP contribution in [0.3, 0.4) is 0 Å². The summed E-state index contributed by atoms with van der Waals surface area (Å²) >= 11 is 0. The first-order valence-corrected chi connectivity index (χ1v) is 22.3. The van der Waals surface area contributed by atoms with E-state index < -0.39 is 0 Å². The van der Waals surface area contributed by atoms with Gasteiger partial charge in [-0.05, 0) is 158 Å². The Kier molecular flexibility index (Phi) is 6.73. The minimum Gasteiger partial charge on any atom is -0.292 e. The molecule has 0 amide bonds. The Morgan fingerprint density at radius 1 is 0.365 bits per heavy atom. The van der Waals surface area contributed by atoms with Crippen LogP contribution < -0.4 is 0 Å². The SMILES string of the molecule is CC1(C)c2cc3c(cc2-c2c1ccc1ccccc21)C(C)(C)c1cc2ccc4c(-c5ccc(-c6nc7ccccc7n6-c6ccccc6)c6ccccc56)ccc5ccc(c1-3)c2c54. The third kappa shape index (κ3) is 4.50. The normalized spacial score (nSPS) is 14.6. The third-order valence-corrected chi connectivity index (χ3v) is 15.1. The number of fused-ring (bicyclic) bond motifs is 11. The monoisotopic (exact) mass is 802 g/mol. The van der Waals surface area contributed by atoms with Crippen molar-refractivity contribution in [1.29, 1.82) is 0 Å². The summed E-state index contributed by atoms with van der Waals surface area (Å²) in [6.45, 7) is 9.71. The van der Waals surface area contributed by atoms with Crippen molar-refractivity contribution in [2.24, 2.45) is 0 Å². The molecule has 11 aromatic carbocycles. The van der Waals surface area contributed by atoms with E-state index in [0.717, 1.165) is 28.1 Å². The van der Waals surface area contributed by atoms with Gasteiger partial charge in [0, 0.05) is 22.1 Å². The lowest BCUT2D eigenvalue weighted by atomic mass is 9.79. The Balaban J connectivity index is 0.987. The zero-order valence-electron chi connectivity index (χ0n) is 35.7. The summed E-state index contributed by atoms with van der Waals surface area (Å²) in [5.41, 5.74) is 17.8. The molecule has 12 aromatic rings. The van der Waals surface area contributed by atoms with Crippen LogP contribution >= 0.6 is 0 Å². The molecule has 2 nitrogen and oxygen atoms in total. The number of rotatable bonds is 3. The summed E-state index contributed by atoms with van der Waals surface area (Å²) < 4.78 is 2.31. The minimum atomic E-state index is -0.158. The molecule has 63 heavy (non-hydrogen) atoms. The fraction of sp³-hybridized carbons (Fsp3) is 0.0984. The molecule has 0 bridgehead atoms. The number of nitrogens with zero attached hydrogens (tertiary/aromatic N) is 2. The van der Waals surface area contributed by atoms with Crippen LogP contribution in [-0.2, 0) is 10.8 Å². The van der Waals surface area contributed by atoms with Gasteiger partial charge in [0.25, 0.3) is 0 Å². The molecule has 0 atom stereocenters. The lowest BCUT2D eigenvalue weighted by Crippen LogP contribution is -2.17. The van der Waals surface area contributed by atoms with Gasteiger partial charge in [-0.25, -0.2) is 4.98 Å². The zero-order valence-corrected chi connectivity index (χ0v) is 35.7. The molecule has 296 valence electrons. The molecule has 1 aromatic heterocycles. The van der Waals surface area contributed by atoms with Crippen LogP contribution in [0.4, 0.5) is 0 Å². The van der Waals surface area contributed by atoms with Crippen LogP contribution in [0, 0.1) is 0 Å². The largest absolute Gasteiger partial charge is 0.292 e. The van der Waals surface area contributed by atoms with Crippen molar-refractivity contribution in [2.45, 2.75) is 38.5 Å². The Hall–Kier alpha value is -7.55. The highest BCUT2D eigenvalue weighted by atomic mass is 15.1. The summed E-state index contributed by atoms with van der Waals surface area (Å²) in [4.78, 5) is 5.28. The highest BCUT2D eigenvalue weighted by molar-refractivity contribution is 6.29. The maximum absolute atomic E-state index is 5.28. The number of hydrogen-bond donors (Lipinski definition) is 0. The van der Waals surface area contributed by atoms with E-state index in [4.69, 9.17) is 4.98 Å². The summed E-state index contributed by atoms with van der Waals surface area (Å²) in [5, 5.41) is 13.0. The van der Waals surface area contributed by atoms with Gasteiger partial charge in [-0.15, -0.1) is 0 Å². The van der Waals surface area contributed by atoms with E-state index in [1.807, 2.05) is 0 Å². The van der Waals surface area contributed by atoms with Crippen LogP contribution in [0.2, 0.25) is 0 Å². The van der Waals surface area contributed by atoms with Crippen molar-refractivity contribution in [3.05, 3.63) is 204 Å². The molecule has 0 saturated carbocycles. The first-order valence-electron chi connectivity index (χ1n) is 22.3. The maximum Gasteiger partial charge on any atom is 0.146 e. The number of aromatic nitrogens is 2. The second-order valence-corrected chi connectivity index (χ2v) is 19.0. The van der Waals surface area contributed by atoms with Gasteiger partial charge in [-0.1, -0.05) is 161 Å². The Morgan fingerprint density at radius 2 is 0.921 bits per heavy atom. The average molecular weight is 803 g/mol. The number of imidazole rings is 1. The quantitative estimate of drug-likeness (QED) is 0.163. The lowest BCUT2D eigenvalue weighted by molar-refractivity contribution is 0.652. The molecular formula is C61H42N2. The zero-order chi connectivity index (χ0) is 41.9. The van der Waals surface area contributed by atoms with Gasteiger partial charge < -0.3 is 0 Å². The lowest BCUT2D eigenvalue weighted by Gasteiger charge is -2.24. The van der Waals surface area contributed by atoms with Crippen molar-refractivity contribution >= 4 is 64.9 Å². The van der Waals surface area contributed by atoms with Crippen molar-refractivity contribution in [1.82, 2.24) is 9.55 Å². The van der Waals surface area contributed by atoms with Gasteiger partial charge in [-0.2, -0.15) is 0 Å². The molecule has 14 rings (SSSR count). The summed E-state index contributed by atoms with van der Waals surface area (Å²) in [5.74, 6) is 0.948. The molecule has 0 unspecified atom stereocenters. The van der Waals surface area contributed by atoms with Gasteiger partial charge in [-0.3, -0.25) is 4.57 Å². The fourth-order valence-corrected chi connectivity index (χ4v) is 12.1. The van der Waals surface area contributed by atoms with Crippen LogP contribution in [-0.4, -0.2) is 9.55 Å². The van der Waals surface area contributed by atoms with Gasteiger partial charge in [0.2, 0.25) is 0 Å². The maximum atomic E-state index is 5.28. The summed E-state index contributed by atoms with van der Waals surface area (Å²) in [7, 11) is 0. The number of hydrogen-bond acceptors (Lipinski definition) is 1. The van der Waals surface area contributed by atoms with Crippen LogP contribution in [0.25, 0.3) is 115 Å². The molecule has 0 fully saturated rings. The second-order valence-electron chi connectivity index (χ2n) is 19.0. The summed E-state index contributed by atoms with van der Waals surface area (Å²) in [6.07, 6.45) is 0. The summed E-state index contributed by atoms with van der Waals surface area (Å²) in [6, 6.07) is 68.1. The molecule has 0 radical (unpaired) electrons. The van der Waals surface area contributed by atoms with Crippen molar-refractivity contribution < 1.29 is 0 Å². The second kappa shape index (κ2) is 12.1. The van der Waals surface area contributed by atoms with E-state index in [9.17, 15) is 0 Å². The molecule has 0 aliphatic heterocycles. The Bertz CT molecular complexity index is 3960. The topological polar surface area (TPSA) is 17.8 Å². The van der Waals surface area contributed by atoms with Gasteiger partial charge >= 0.3 is 0 Å². The highest BCUT2D eigenvalue weighted by Crippen LogP contribution is 2.59. The van der Waals surface area contributed by atoms with Gasteiger partial charge in [0.1, 0.15) is 5.82 Å². The molecule has 2 aliphatic rings. The van der Waals surface area contributed by atoms with Crippen LogP contribution in [0.1, 0.15) is 49.9 Å². The van der Waals surface area contributed by atoms with Crippen LogP contribution in [0.5, 0.6) is 0 Å². The predicted octanol–water partition coefficient (Wildman–Crippen LogP) is 16.2. The van der Waals surface area contributed by atoms with Crippen LogP contribution in [0.15, 0.2) is 182 Å². The van der Waals surface area contributed by atoms with E-state index in [0.29, 0.717) is 0 Å². The first-order chi connectivity index (χ1) is 30.8. The van der Waals surface area contributed by atoms with Crippen molar-refractivity contribution in [2.75, 3.05) is 0 Å². The third-order valence-electron chi connectivity index (χ3n) is 15.1. The molecule has 1 heterocycles. The fourth-order valence-electron chi connectivity index (χ4n) is 12.1. The standard InChI is InChI=1S/C61H42N2/c1-60(2)49-31-25-35-14-8-9-17-39(35)57(49)47-33-51-48(34-50(47)60)58-46-28-23-36-22-26-43(44-27-24-37(56(46)55(36)44)32-52(58)61(51,3)4)42-29-30-45(41-19-11-10-18-40(41)42)59-62-53-20-12-13-21-54(53)63(59)38-15-6-5-7-16-38/h5-34H,1-4H3. The Labute approximate surface area is 366 Å². The first kappa shape index (κ1) is 35.1.